The Morgan fingerprint density at radius 3 is 2.21 bits per heavy atom. The monoisotopic (exact) mass is 663 g/mol. The maximum atomic E-state index is 12.8. The van der Waals surface area contributed by atoms with Crippen LogP contribution in [-0.2, 0) is 9.53 Å². The lowest BCUT2D eigenvalue weighted by atomic mass is 9.47. The van der Waals surface area contributed by atoms with Gasteiger partial charge in [0.15, 0.2) is 0 Å². The average molecular weight is 663 g/mol. The molecular weight excluding hydrogens is 585 g/mol. The van der Waals surface area contributed by atoms with Gasteiger partial charge in [-0.05, 0) is 142 Å². The highest BCUT2D eigenvalue weighted by Crippen LogP contribution is 2.67. The van der Waals surface area contributed by atoms with Crippen molar-refractivity contribution in [2.45, 2.75) is 196 Å². The molecule has 48 heavy (non-hydrogen) atoms. The van der Waals surface area contributed by atoms with Gasteiger partial charge in [-0.25, -0.2) is 0 Å². The van der Waals surface area contributed by atoms with Crippen molar-refractivity contribution in [1.82, 2.24) is 0 Å². The smallest absolute Gasteiger partial charge is 0.306 e. The maximum Gasteiger partial charge on any atom is 0.306 e. The SMILES string of the molecule is CCCCC/C=C\C/C=C\CCCCCCCC(=O)O[C@H]1CC[C@@]2(C)[C@@H](CC=C3[C@@H]2CC[C@]2(C)[C@@H]([C@H](C)CC[C@H](C)C(C)C)CC[C@@H]32)C1. The Kier molecular flexibility index (Phi) is 15.9. The zero-order chi connectivity index (χ0) is 34.6. The van der Waals surface area contributed by atoms with E-state index < -0.39 is 0 Å². The van der Waals surface area contributed by atoms with Crippen LogP contribution >= 0.6 is 0 Å². The molecule has 0 aromatic carbocycles. The van der Waals surface area contributed by atoms with Crippen LogP contribution in [0.2, 0.25) is 0 Å². The molecule has 0 aromatic heterocycles. The predicted octanol–water partition coefficient (Wildman–Crippen LogP) is 14.0. The number of hydrogen-bond acceptors (Lipinski definition) is 2. The Bertz CT molecular complexity index is 1050. The zero-order valence-electron chi connectivity index (χ0n) is 32.9. The Morgan fingerprint density at radius 1 is 0.812 bits per heavy atom. The first kappa shape index (κ1) is 39.5. The first-order valence-electron chi connectivity index (χ1n) is 21.3. The molecule has 2 nitrogen and oxygen atoms in total. The van der Waals surface area contributed by atoms with Crippen LogP contribution in [0.3, 0.4) is 0 Å². The van der Waals surface area contributed by atoms with Crippen LogP contribution in [0.4, 0.5) is 0 Å². The standard InChI is InChI=1S/C46H78O2/c1-8-9-10-11-12-13-14-15-16-17-18-19-20-21-22-23-44(47)48-39-30-32-45(6)38(34-39)26-27-40-42-29-28-41(46(42,7)33-31-43(40)45)37(5)25-24-36(4)35(2)3/h12-13,15-16,27,35-39,41-43H,8-11,14,17-26,28-34H2,1-7H3/b13-12-,16-15-/t36-,37+,38-,39-,41+,42-,43-,45-,46+/m0/s1. The third-order valence-corrected chi connectivity index (χ3v) is 14.6. The number of carbonyl (C=O) groups is 1. The van der Waals surface area contributed by atoms with E-state index in [9.17, 15) is 4.79 Å². The molecule has 0 heterocycles. The van der Waals surface area contributed by atoms with E-state index >= 15 is 0 Å². The molecule has 3 fully saturated rings. The fraction of sp³-hybridized carbons (Fsp3) is 0.848. The van der Waals surface area contributed by atoms with Gasteiger partial charge in [0.1, 0.15) is 6.10 Å². The number of esters is 1. The zero-order valence-corrected chi connectivity index (χ0v) is 32.9. The largest absolute Gasteiger partial charge is 0.462 e. The molecule has 0 radical (unpaired) electrons. The number of allylic oxidation sites excluding steroid dienone is 6. The molecule has 0 unspecified atom stereocenters. The van der Waals surface area contributed by atoms with Crippen LogP contribution in [-0.4, -0.2) is 12.1 Å². The highest BCUT2D eigenvalue weighted by molar-refractivity contribution is 5.69. The lowest BCUT2D eigenvalue weighted by Crippen LogP contribution is -2.50. The molecule has 4 aliphatic carbocycles. The summed E-state index contributed by atoms with van der Waals surface area (Å²) < 4.78 is 6.15. The van der Waals surface area contributed by atoms with E-state index in [1.165, 1.54) is 103 Å². The number of ether oxygens (including phenoxy) is 1. The first-order valence-corrected chi connectivity index (χ1v) is 21.3. The molecule has 4 aliphatic rings. The Balaban J connectivity index is 1.14. The summed E-state index contributed by atoms with van der Waals surface area (Å²) in [6, 6.07) is 0. The first-order chi connectivity index (χ1) is 23.1. The van der Waals surface area contributed by atoms with Gasteiger partial charge in [-0.3, -0.25) is 4.79 Å². The molecule has 0 N–H and O–H groups in total. The summed E-state index contributed by atoms with van der Waals surface area (Å²) in [5.41, 5.74) is 2.76. The molecule has 0 spiro atoms. The number of carbonyl (C=O) groups excluding carboxylic acids is 1. The summed E-state index contributed by atoms with van der Waals surface area (Å²) in [5.74, 6) is 5.68. The predicted molar refractivity (Wildman–Crippen MR) is 207 cm³/mol. The molecule has 274 valence electrons. The van der Waals surface area contributed by atoms with E-state index in [-0.39, 0.29) is 12.1 Å². The van der Waals surface area contributed by atoms with Crippen LogP contribution in [0.1, 0.15) is 190 Å². The minimum Gasteiger partial charge on any atom is -0.462 e. The number of hydrogen-bond donors (Lipinski definition) is 0. The van der Waals surface area contributed by atoms with Gasteiger partial charge in [-0.2, -0.15) is 0 Å². The normalized spacial score (nSPS) is 33.0. The quantitative estimate of drug-likeness (QED) is 0.0736. The summed E-state index contributed by atoms with van der Waals surface area (Å²) in [6.45, 7) is 17.4. The highest BCUT2D eigenvalue weighted by atomic mass is 16.5. The molecule has 4 rings (SSSR count). The van der Waals surface area contributed by atoms with Crippen molar-refractivity contribution in [3.8, 4) is 0 Å². The lowest BCUT2D eigenvalue weighted by Gasteiger charge is -2.58. The van der Waals surface area contributed by atoms with Crippen molar-refractivity contribution in [2.75, 3.05) is 0 Å². The third-order valence-electron chi connectivity index (χ3n) is 14.6. The molecule has 0 amide bonds. The van der Waals surface area contributed by atoms with E-state index in [0.29, 0.717) is 23.2 Å². The number of unbranched alkanes of at least 4 members (excludes halogenated alkanes) is 8. The van der Waals surface area contributed by atoms with E-state index in [1.54, 1.807) is 0 Å². The Morgan fingerprint density at radius 2 is 1.48 bits per heavy atom. The summed E-state index contributed by atoms with van der Waals surface area (Å²) in [5, 5.41) is 0. The summed E-state index contributed by atoms with van der Waals surface area (Å²) in [4.78, 5) is 12.8. The van der Waals surface area contributed by atoms with Crippen molar-refractivity contribution in [3.05, 3.63) is 36.0 Å². The summed E-state index contributed by atoms with van der Waals surface area (Å²) in [7, 11) is 0. The van der Waals surface area contributed by atoms with Crippen molar-refractivity contribution in [2.24, 2.45) is 52.3 Å². The van der Waals surface area contributed by atoms with E-state index in [1.807, 2.05) is 5.57 Å². The Hall–Kier alpha value is -1.31. The minimum absolute atomic E-state index is 0.0589. The highest BCUT2D eigenvalue weighted by Gasteiger charge is 2.58. The van der Waals surface area contributed by atoms with Crippen molar-refractivity contribution in [3.63, 3.8) is 0 Å². The number of fused-ring (bicyclic) bond motifs is 5. The number of rotatable bonds is 20. The van der Waals surface area contributed by atoms with Gasteiger partial charge >= 0.3 is 5.97 Å². The molecule has 0 aromatic rings. The molecule has 0 saturated heterocycles. The lowest BCUT2D eigenvalue weighted by molar-refractivity contribution is -0.155. The van der Waals surface area contributed by atoms with Gasteiger partial charge in [-0.15, -0.1) is 0 Å². The van der Waals surface area contributed by atoms with Gasteiger partial charge in [0.2, 0.25) is 0 Å². The molecule has 9 atom stereocenters. The maximum absolute atomic E-state index is 12.8. The van der Waals surface area contributed by atoms with Crippen LogP contribution in [0.25, 0.3) is 0 Å². The van der Waals surface area contributed by atoms with Crippen molar-refractivity contribution < 1.29 is 9.53 Å². The van der Waals surface area contributed by atoms with Crippen LogP contribution in [0.5, 0.6) is 0 Å². The van der Waals surface area contributed by atoms with Gasteiger partial charge in [0.05, 0.1) is 0 Å². The summed E-state index contributed by atoms with van der Waals surface area (Å²) in [6.07, 6.45) is 39.2. The van der Waals surface area contributed by atoms with Gasteiger partial charge in [0.25, 0.3) is 0 Å². The van der Waals surface area contributed by atoms with Crippen molar-refractivity contribution >= 4 is 5.97 Å². The van der Waals surface area contributed by atoms with Crippen LogP contribution in [0, 0.1) is 52.3 Å². The topological polar surface area (TPSA) is 26.3 Å². The van der Waals surface area contributed by atoms with Crippen LogP contribution in [0.15, 0.2) is 36.0 Å². The molecule has 0 bridgehead atoms. The van der Waals surface area contributed by atoms with Gasteiger partial charge in [-0.1, -0.05) is 129 Å². The van der Waals surface area contributed by atoms with Gasteiger partial charge in [0, 0.05) is 6.42 Å². The third kappa shape index (κ3) is 10.4. The van der Waals surface area contributed by atoms with E-state index in [4.69, 9.17) is 4.74 Å². The Labute approximate surface area is 298 Å². The summed E-state index contributed by atoms with van der Waals surface area (Å²) >= 11 is 0. The fourth-order valence-corrected chi connectivity index (χ4v) is 10.9. The van der Waals surface area contributed by atoms with E-state index in [0.717, 1.165) is 67.6 Å². The van der Waals surface area contributed by atoms with Crippen molar-refractivity contribution in [1.29, 1.82) is 0 Å². The molecular formula is C46H78O2. The minimum atomic E-state index is 0.0589. The average Bonchev–Trinajstić information content (AvgIpc) is 3.42. The molecule has 0 aliphatic heterocycles. The van der Waals surface area contributed by atoms with Crippen LogP contribution < -0.4 is 0 Å². The van der Waals surface area contributed by atoms with Gasteiger partial charge < -0.3 is 4.74 Å². The second-order valence-corrected chi connectivity index (χ2v) is 18.1. The van der Waals surface area contributed by atoms with E-state index in [2.05, 4.69) is 78.8 Å². The fourth-order valence-electron chi connectivity index (χ4n) is 10.9. The second-order valence-electron chi connectivity index (χ2n) is 18.1. The second kappa shape index (κ2) is 19.3. The molecule has 3 saturated carbocycles. The molecule has 2 heteroatoms.